The molecule has 0 radical (unpaired) electrons. The highest BCUT2D eigenvalue weighted by atomic mass is 16.5. The van der Waals surface area contributed by atoms with E-state index in [2.05, 4.69) is 6.08 Å². The molecule has 0 heterocycles. The van der Waals surface area contributed by atoms with Gasteiger partial charge in [-0.05, 0) is 41.7 Å². The van der Waals surface area contributed by atoms with Gasteiger partial charge in [0.15, 0.2) is 0 Å². The fraction of sp³-hybridized carbons (Fsp3) is 0.308. The van der Waals surface area contributed by atoms with E-state index >= 15 is 0 Å². The van der Waals surface area contributed by atoms with E-state index < -0.39 is 5.97 Å². The van der Waals surface area contributed by atoms with E-state index in [1.165, 1.54) is 11.1 Å². The number of fused-ring (bicyclic) bond motifs is 1. The van der Waals surface area contributed by atoms with E-state index in [0.29, 0.717) is 6.42 Å². The Labute approximate surface area is 94.4 Å². The minimum atomic E-state index is -0.747. The molecule has 1 aliphatic rings. The molecule has 3 nitrogen and oxygen atoms in total. The summed E-state index contributed by atoms with van der Waals surface area (Å²) < 4.78 is 5.16. The Hall–Kier alpha value is -1.77. The number of methoxy groups -OCH3 is 1. The van der Waals surface area contributed by atoms with Crippen LogP contribution in [0.4, 0.5) is 0 Å². The van der Waals surface area contributed by atoms with E-state index in [1.54, 1.807) is 7.11 Å². The van der Waals surface area contributed by atoms with Gasteiger partial charge in [-0.25, -0.2) is 0 Å². The van der Waals surface area contributed by atoms with Gasteiger partial charge in [0.05, 0.1) is 7.11 Å². The second kappa shape index (κ2) is 4.39. The Morgan fingerprint density at radius 3 is 3.00 bits per heavy atom. The normalized spacial score (nSPS) is 13.2. The Morgan fingerprint density at radius 2 is 2.31 bits per heavy atom. The lowest BCUT2D eigenvalue weighted by atomic mass is 10.0. The molecule has 3 heteroatoms. The number of benzene rings is 1. The summed E-state index contributed by atoms with van der Waals surface area (Å²) in [6, 6.07) is 5.94. The maximum absolute atomic E-state index is 10.5. The molecule has 0 saturated carbocycles. The predicted octanol–water partition coefficient (Wildman–Crippen LogP) is 2.50. The molecule has 84 valence electrons. The molecule has 0 spiro atoms. The minimum absolute atomic E-state index is 0.192. The summed E-state index contributed by atoms with van der Waals surface area (Å²) in [7, 11) is 1.65. The summed E-state index contributed by atoms with van der Waals surface area (Å²) in [4.78, 5) is 10.5. The van der Waals surface area contributed by atoms with Crippen molar-refractivity contribution in [2.24, 2.45) is 0 Å². The predicted molar refractivity (Wildman–Crippen MR) is 61.5 cm³/mol. The molecular formula is C13H14O3. The Balaban J connectivity index is 2.15. The van der Waals surface area contributed by atoms with Crippen molar-refractivity contribution in [2.45, 2.75) is 19.3 Å². The monoisotopic (exact) mass is 218 g/mol. The lowest BCUT2D eigenvalue weighted by molar-refractivity contribution is -0.136. The van der Waals surface area contributed by atoms with Crippen LogP contribution in [0.1, 0.15) is 24.0 Å². The summed E-state index contributed by atoms with van der Waals surface area (Å²) in [6.07, 6.45) is 3.78. The highest BCUT2D eigenvalue weighted by Gasteiger charge is 2.15. The molecule has 0 saturated heterocycles. The van der Waals surface area contributed by atoms with Gasteiger partial charge >= 0.3 is 5.97 Å². The molecule has 1 aromatic carbocycles. The molecule has 0 amide bonds. The van der Waals surface area contributed by atoms with Gasteiger partial charge in [-0.1, -0.05) is 12.1 Å². The molecule has 0 aliphatic heterocycles. The van der Waals surface area contributed by atoms with Crippen LogP contribution in [0.5, 0.6) is 5.75 Å². The third-order valence-electron chi connectivity index (χ3n) is 2.83. The minimum Gasteiger partial charge on any atom is -0.497 e. The topological polar surface area (TPSA) is 46.5 Å². The van der Waals surface area contributed by atoms with Crippen LogP contribution in [0.3, 0.4) is 0 Å². The number of allylic oxidation sites excluding steroid dienone is 2. The first-order valence-corrected chi connectivity index (χ1v) is 5.29. The van der Waals surface area contributed by atoms with Crippen LogP contribution in [0.25, 0.3) is 5.57 Å². The number of carboxylic acids is 1. The first-order chi connectivity index (χ1) is 7.70. The van der Waals surface area contributed by atoms with Crippen LogP contribution in [0, 0.1) is 0 Å². The van der Waals surface area contributed by atoms with Crippen LogP contribution < -0.4 is 4.74 Å². The van der Waals surface area contributed by atoms with E-state index in [-0.39, 0.29) is 6.42 Å². The number of ether oxygens (including phenoxy) is 1. The SMILES string of the molecule is COc1ccc2c(c1)CC=C2CCC(=O)O. The molecule has 0 bridgehead atoms. The Kier molecular flexibility index (Phi) is 2.95. The second-order valence-corrected chi connectivity index (χ2v) is 3.85. The molecule has 0 atom stereocenters. The number of aliphatic carboxylic acids is 1. The zero-order chi connectivity index (χ0) is 11.5. The summed E-state index contributed by atoms with van der Waals surface area (Å²) in [5, 5.41) is 8.66. The van der Waals surface area contributed by atoms with Crippen molar-refractivity contribution in [3.8, 4) is 5.75 Å². The van der Waals surface area contributed by atoms with Crippen molar-refractivity contribution in [3.63, 3.8) is 0 Å². The Bertz CT molecular complexity index is 446. The zero-order valence-electron chi connectivity index (χ0n) is 9.19. The van der Waals surface area contributed by atoms with Crippen LogP contribution in [0.2, 0.25) is 0 Å². The summed E-state index contributed by atoms with van der Waals surface area (Å²) in [5.41, 5.74) is 3.53. The van der Waals surface area contributed by atoms with E-state index in [9.17, 15) is 4.79 Å². The van der Waals surface area contributed by atoms with Crippen LogP contribution >= 0.6 is 0 Å². The maximum atomic E-state index is 10.5. The molecule has 2 rings (SSSR count). The zero-order valence-corrected chi connectivity index (χ0v) is 9.19. The molecule has 0 aromatic heterocycles. The number of rotatable bonds is 4. The number of hydrogen-bond acceptors (Lipinski definition) is 2. The molecule has 1 N–H and O–H groups in total. The fourth-order valence-electron chi connectivity index (χ4n) is 2.00. The molecular weight excluding hydrogens is 204 g/mol. The van der Waals surface area contributed by atoms with Gasteiger partial charge in [0, 0.05) is 6.42 Å². The van der Waals surface area contributed by atoms with E-state index in [0.717, 1.165) is 17.7 Å². The average molecular weight is 218 g/mol. The van der Waals surface area contributed by atoms with Gasteiger partial charge in [0.25, 0.3) is 0 Å². The lowest BCUT2D eigenvalue weighted by Gasteiger charge is -2.06. The third-order valence-corrected chi connectivity index (χ3v) is 2.83. The van der Waals surface area contributed by atoms with Crippen LogP contribution in [0.15, 0.2) is 24.3 Å². The summed E-state index contributed by atoms with van der Waals surface area (Å²) in [5.74, 6) is 0.106. The number of carboxylic acid groups (broad SMARTS) is 1. The van der Waals surface area contributed by atoms with E-state index in [1.807, 2.05) is 18.2 Å². The van der Waals surface area contributed by atoms with Gasteiger partial charge in [-0.3, -0.25) is 4.79 Å². The van der Waals surface area contributed by atoms with Crippen molar-refractivity contribution in [3.05, 3.63) is 35.4 Å². The van der Waals surface area contributed by atoms with Crippen molar-refractivity contribution >= 4 is 11.5 Å². The molecule has 0 unspecified atom stereocenters. The van der Waals surface area contributed by atoms with Crippen LogP contribution in [-0.4, -0.2) is 18.2 Å². The van der Waals surface area contributed by atoms with E-state index in [4.69, 9.17) is 9.84 Å². The maximum Gasteiger partial charge on any atom is 0.303 e. The quantitative estimate of drug-likeness (QED) is 0.844. The molecule has 1 aromatic rings. The Morgan fingerprint density at radius 1 is 1.50 bits per heavy atom. The lowest BCUT2D eigenvalue weighted by Crippen LogP contribution is -1.95. The van der Waals surface area contributed by atoms with Crippen LogP contribution in [-0.2, 0) is 11.2 Å². The first-order valence-electron chi connectivity index (χ1n) is 5.29. The molecule has 1 aliphatic carbocycles. The van der Waals surface area contributed by atoms with Gasteiger partial charge in [-0.15, -0.1) is 0 Å². The van der Waals surface area contributed by atoms with Gasteiger partial charge in [0.1, 0.15) is 5.75 Å². The van der Waals surface area contributed by atoms with Crippen molar-refractivity contribution in [1.82, 2.24) is 0 Å². The van der Waals surface area contributed by atoms with Gasteiger partial charge < -0.3 is 9.84 Å². The first kappa shape index (κ1) is 10.7. The smallest absolute Gasteiger partial charge is 0.303 e. The van der Waals surface area contributed by atoms with Gasteiger partial charge in [-0.2, -0.15) is 0 Å². The molecule has 0 fully saturated rings. The highest BCUT2D eigenvalue weighted by Crippen LogP contribution is 2.32. The van der Waals surface area contributed by atoms with Gasteiger partial charge in [0.2, 0.25) is 0 Å². The largest absolute Gasteiger partial charge is 0.497 e. The third kappa shape index (κ3) is 2.08. The fourth-order valence-corrected chi connectivity index (χ4v) is 2.00. The number of carbonyl (C=O) groups is 1. The standard InChI is InChI=1S/C13H14O3/c1-16-11-5-6-12-9(4-7-13(14)15)2-3-10(12)8-11/h2,5-6,8H,3-4,7H2,1H3,(H,14,15). The summed E-state index contributed by atoms with van der Waals surface area (Å²) >= 11 is 0. The van der Waals surface area contributed by atoms with Crippen molar-refractivity contribution < 1.29 is 14.6 Å². The summed E-state index contributed by atoms with van der Waals surface area (Å²) in [6.45, 7) is 0. The second-order valence-electron chi connectivity index (χ2n) is 3.85. The number of hydrogen-bond donors (Lipinski definition) is 1. The highest BCUT2D eigenvalue weighted by molar-refractivity contribution is 5.77. The van der Waals surface area contributed by atoms with Crippen molar-refractivity contribution in [1.29, 1.82) is 0 Å². The van der Waals surface area contributed by atoms with Crippen molar-refractivity contribution in [2.75, 3.05) is 7.11 Å². The average Bonchev–Trinajstić information content (AvgIpc) is 2.68. The molecule has 16 heavy (non-hydrogen) atoms.